The molecule has 0 spiro atoms. The van der Waals surface area contributed by atoms with Crippen LogP contribution in [0.4, 0.5) is 0 Å². The maximum Gasteiger partial charge on any atom is 0.0417 e. The van der Waals surface area contributed by atoms with E-state index < -0.39 is 0 Å². The Morgan fingerprint density at radius 2 is 2.06 bits per heavy atom. The fourth-order valence-electron chi connectivity index (χ4n) is 1.53. The molecule has 1 nitrogen and oxygen atoms in total. The summed E-state index contributed by atoms with van der Waals surface area (Å²) in [5.74, 6) is 1.88. The standard InChI is InChI=1S/C14H22ClNS/c1-4-10(2)9-17-14-8-13(15)6-5-12(14)7-11(3)16/h5-6,8,10-11H,4,7,9,16H2,1-3H3. The van der Waals surface area contributed by atoms with Crippen LogP contribution >= 0.6 is 23.4 Å². The zero-order valence-corrected chi connectivity index (χ0v) is 12.4. The second kappa shape index (κ2) is 7.30. The summed E-state index contributed by atoms with van der Waals surface area (Å²) in [5, 5.41) is 0.810. The second-order valence-electron chi connectivity index (χ2n) is 4.76. The van der Waals surface area contributed by atoms with Crippen molar-refractivity contribution in [2.45, 2.75) is 44.6 Å². The molecule has 0 amide bonds. The van der Waals surface area contributed by atoms with E-state index in [4.69, 9.17) is 17.3 Å². The van der Waals surface area contributed by atoms with E-state index >= 15 is 0 Å². The average Bonchev–Trinajstić information content (AvgIpc) is 2.28. The van der Waals surface area contributed by atoms with Gasteiger partial charge < -0.3 is 5.73 Å². The van der Waals surface area contributed by atoms with Gasteiger partial charge in [0.05, 0.1) is 0 Å². The summed E-state index contributed by atoms with van der Waals surface area (Å²) in [5.41, 5.74) is 7.19. The van der Waals surface area contributed by atoms with E-state index in [0.29, 0.717) is 0 Å². The zero-order valence-electron chi connectivity index (χ0n) is 10.9. The average molecular weight is 272 g/mol. The Morgan fingerprint density at radius 1 is 1.35 bits per heavy atom. The van der Waals surface area contributed by atoms with E-state index in [1.54, 1.807) is 0 Å². The number of nitrogens with two attached hydrogens (primary N) is 1. The molecule has 96 valence electrons. The highest BCUT2D eigenvalue weighted by Gasteiger charge is 2.08. The smallest absolute Gasteiger partial charge is 0.0417 e. The lowest BCUT2D eigenvalue weighted by atomic mass is 10.1. The molecule has 0 aliphatic heterocycles. The number of hydrogen-bond donors (Lipinski definition) is 1. The topological polar surface area (TPSA) is 26.0 Å². The van der Waals surface area contributed by atoms with Crippen LogP contribution in [0.15, 0.2) is 23.1 Å². The highest BCUT2D eigenvalue weighted by atomic mass is 35.5. The Bertz CT molecular complexity index is 352. The Kier molecular flexibility index (Phi) is 6.39. The first-order chi connectivity index (χ1) is 8.02. The molecule has 0 aromatic heterocycles. The molecule has 2 N–H and O–H groups in total. The minimum Gasteiger partial charge on any atom is -0.328 e. The number of rotatable bonds is 6. The molecule has 0 fully saturated rings. The van der Waals surface area contributed by atoms with Crippen molar-refractivity contribution in [1.29, 1.82) is 0 Å². The predicted molar refractivity (Wildman–Crippen MR) is 79.0 cm³/mol. The summed E-state index contributed by atoms with van der Waals surface area (Å²) >= 11 is 7.95. The van der Waals surface area contributed by atoms with Crippen LogP contribution in [0.25, 0.3) is 0 Å². The van der Waals surface area contributed by atoms with Crippen LogP contribution in [0.3, 0.4) is 0 Å². The molecular formula is C14H22ClNS. The Hall–Kier alpha value is -0.180. The number of hydrogen-bond acceptors (Lipinski definition) is 2. The Labute approximate surface area is 114 Å². The minimum absolute atomic E-state index is 0.194. The molecule has 1 aromatic carbocycles. The van der Waals surface area contributed by atoms with Gasteiger partial charge in [0, 0.05) is 21.7 Å². The Morgan fingerprint density at radius 3 is 2.65 bits per heavy atom. The quantitative estimate of drug-likeness (QED) is 0.778. The summed E-state index contributed by atoms with van der Waals surface area (Å²) in [6.45, 7) is 6.55. The van der Waals surface area contributed by atoms with E-state index in [9.17, 15) is 0 Å². The summed E-state index contributed by atoms with van der Waals surface area (Å²) in [6, 6.07) is 6.31. The Balaban J connectivity index is 2.76. The van der Waals surface area contributed by atoms with E-state index in [2.05, 4.69) is 26.0 Å². The van der Waals surface area contributed by atoms with Crippen molar-refractivity contribution in [1.82, 2.24) is 0 Å². The van der Waals surface area contributed by atoms with Gasteiger partial charge >= 0.3 is 0 Å². The third-order valence-corrected chi connectivity index (χ3v) is 4.45. The molecule has 2 unspecified atom stereocenters. The first-order valence-corrected chi connectivity index (χ1v) is 7.56. The highest BCUT2D eigenvalue weighted by molar-refractivity contribution is 7.99. The van der Waals surface area contributed by atoms with Crippen molar-refractivity contribution in [3.63, 3.8) is 0 Å². The first kappa shape index (κ1) is 14.9. The third kappa shape index (κ3) is 5.33. The second-order valence-corrected chi connectivity index (χ2v) is 6.26. The predicted octanol–water partition coefficient (Wildman–Crippen LogP) is 4.37. The van der Waals surface area contributed by atoms with E-state index in [1.165, 1.54) is 16.9 Å². The van der Waals surface area contributed by atoms with E-state index in [-0.39, 0.29) is 6.04 Å². The highest BCUT2D eigenvalue weighted by Crippen LogP contribution is 2.29. The van der Waals surface area contributed by atoms with Crippen molar-refractivity contribution in [2.75, 3.05) is 5.75 Å². The normalized spacial score (nSPS) is 14.6. The summed E-state index contributed by atoms with van der Waals surface area (Å²) in [7, 11) is 0. The van der Waals surface area contributed by atoms with Crippen LogP contribution in [0, 0.1) is 5.92 Å². The van der Waals surface area contributed by atoms with Crippen LogP contribution < -0.4 is 5.73 Å². The molecule has 2 atom stereocenters. The molecule has 1 aromatic rings. The maximum absolute atomic E-state index is 6.06. The summed E-state index contributed by atoms with van der Waals surface area (Å²) in [4.78, 5) is 1.29. The molecule has 0 heterocycles. The van der Waals surface area contributed by atoms with Gasteiger partial charge in [-0.15, -0.1) is 11.8 Å². The monoisotopic (exact) mass is 271 g/mol. The van der Waals surface area contributed by atoms with Gasteiger partial charge in [0.15, 0.2) is 0 Å². The number of benzene rings is 1. The van der Waals surface area contributed by atoms with Gasteiger partial charge in [-0.05, 0) is 37.0 Å². The molecule has 0 radical (unpaired) electrons. The fraction of sp³-hybridized carbons (Fsp3) is 0.571. The van der Waals surface area contributed by atoms with Crippen LogP contribution in [0.5, 0.6) is 0 Å². The molecule has 1 rings (SSSR count). The molecule has 0 aliphatic carbocycles. The minimum atomic E-state index is 0.194. The van der Waals surface area contributed by atoms with Crippen molar-refractivity contribution < 1.29 is 0 Å². The SMILES string of the molecule is CCC(C)CSc1cc(Cl)ccc1CC(C)N. The molecule has 0 saturated carbocycles. The van der Waals surface area contributed by atoms with Crippen molar-refractivity contribution in [3.8, 4) is 0 Å². The lowest BCUT2D eigenvalue weighted by Crippen LogP contribution is -2.18. The molecule has 0 aliphatic rings. The van der Waals surface area contributed by atoms with E-state index in [1.807, 2.05) is 24.8 Å². The van der Waals surface area contributed by atoms with Crippen molar-refractivity contribution in [3.05, 3.63) is 28.8 Å². The van der Waals surface area contributed by atoms with E-state index in [0.717, 1.165) is 23.1 Å². The van der Waals surface area contributed by atoms with Gasteiger partial charge in [-0.25, -0.2) is 0 Å². The third-order valence-electron chi connectivity index (χ3n) is 2.79. The number of halogens is 1. The fourth-order valence-corrected chi connectivity index (χ4v) is 3.01. The molecular weight excluding hydrogens is 250 g/mol. The van der Waals surface area contributed by atoms with Gasteiger partial charge in [0.2, 0.25) is 0 Å². The van der Waals surface area contributed by atoms with Crippen molar-refractivity contribution >= 4 is 23.4 Å². The largest absolute Gasteiger partial charge is 0.328 e. The number of thioether (sulfide) groups is 1. The van der Waals surface area contributed by atoms with Gasteiger partial charge in [-0.2, -0.15) is 0 Å². The molecule has 3 heteroatoms. The van der Waals surface area contributed by atoms with Crippen molar-refractivity contribution in [2.24, 2.45) is 11.7 Å². The van der Waals surface area contributed by atoms with Crippen LogP contribution in [-0.2, 0) is 6.42 Å². The van der Waals surface area contributed by atoms with Gasteiger partial charge in [0.1, 0.15) is 0 Å². The van der Waals surface area contributed by atoms with Gasteiger partial charge in [0.25, 0.3) is 0 Å². The summed E-state index contributed by atoms with van der Waals surface area (Å²) < 4.78 is 0. The lowest BCUT2D eigenvalue weighted by Gasteiger charge is -2.13. The van der Waals surface area contributed by atoms with Crippen LogP contribution in [0.2, 0.25) is 5.02 Å². The maximum atomic E-state index is 6.06. The zero-order chi connectivity index (χ0) is 12.8. The lowest BCUT2D eigenvalue weighted by molar-refractivity contribution is 0.636. The first-order valence-electron chi connectivity index (χ1n) is 6.19. The van der Waals surface area contributed by atoms with Crippen LogP contribution in [0.1, 0.15) is 32.8 Å². The van der Waals surface area contributed by atoms with Crippen LogP contribution in [-0.4, -0.2) is 11.8 Å². The molecule has 0 bridgehead atoms. The molecule has 0 saturated heterocycles. The van der Waals surface area contributed by atoms with Gasteiger partial charge in [-0.3, -0.25) is 0 Å². The molecule has 17 heavy (non-hydrogen) atoms. The summed E-state index contributed by atoms with van der Waals surface area (Å²) in [6.07, 6.45) is 2.14. The van der Waals surface area contributed by atoms with Gasteiger partial charge in [-0.1, -0.05) is 37.9 Å².